The van der Waals surface area contributed by atoms with Gasteiger partial charge in [-0.05, 0) is 30.7 Å². The molecule has 0 atom stereocenters. The molecule has 0 saturated carbocycles. The number of benzene rings is 1. The second kappa shape index (κ2) is 5.86. The summed E-state index contributed by atoms with van der Waals surface area (Å²) in [5.74, 6) is 1.41. The lowest BCUT2D eigenvalue weighted by Gasteiger charge is -2.23. The van der Waals surface area contributed by atoms with Crippen molar-refractivity contribution in [3.05, 3.63) is 48.2 Å². The molecule has 8 heteroatoms. The monoisotopic (exact) mass is 343 g/mol. The topological polar surface area (TPSA) is 78.8 Å². The lowest BCUT2D eigenvalue weighted by molar-refractivity contribution is 0.449. The Kier molecular flexibility index (Phi) is 3.68. The summed E-state index contributed by atoms with van der Waals surface area (Å²) in [6, 6.07) is 10.8. The van der Waals surface area contributed by atoms with Gasteiger partial charge in [-0.25, -0.2) is 0 Å². The Bertz CT molecular complexity index is 882. The molecule has 3 heterocycles. The van der Waals surface area contributed by atoms with Crippen LogP contribution in [0.3, 0.4) is 0 Å². The van der Waals surface area contributed by atoms with E-state index in [1.165, 1.54) is 0 Å². The Balaban J connectivity index is 1.59. The average Bonchev–Trinajstić information content (AvgIpc) is 2.77. The summed E-state index contributed by atoms with van der Waals surface area (Å²) in [5, 5.41) is 8.08. The standard InChI is InChI=1S/C16H17N5O2S/c22-24(23)14-6-2-1-5-13(14)16(19-24)21-10-4-9-20(11-12-21)15-7-3-8-17-18-15/h1-3,5-8H,4,9-12H2. The van der Waals surface area contributed by atoms with E-state index >= 15 is 0 Å². The van der Waals surface area contributed by atoms with E-state index in [0.717, 1.165) is 31.9 Å². The van der Waals surface area contributed by atoms with Gasteiger partial charge in [0, 0.05) is 37.9 Å². The Morgan fingerprint density at radius 3 is 2.54 bits per heavy atom. The van der Waals surface area contributed by atoms with Crippen LogP contribution in [0.4, 0.5) is 5.82 Å². The molecule has 0 unspecified atom stereocenters. The zero-order valence-electron chi connectivity index (χ0n) is 13.0. The zero-order chi connectivity index (χ0) is 16.6. The van der Waals surface area contributed by atoms with Gasteiger partial charge in [-0.2, -0.15) is 13.5 Å². The molecule has 1 saturated heterocycles. The summed E-state index contributed by atoms with van der Waals surface area (Å²) in [6.07, 6.45) is 2.56. The third-order valence-corrected chi connectivity index (χ3v) is 5.62. The molecular formula is C16H17N5O2S. The van der Waals surface area contributed by atoms with Crippen molar-refractivity contribution >= 4 is 21.7 Å². The van der Waals surface area contributed by atoms with Crippen LogP contribution in [0.15, 0.2) is 51.9 Å². The van der Waals surface area contributed by atoms with Gasteiger partial charge in [0.25, 0.3) is 10.0 Å². The summed E-state index contributed by atoms with van der Waals surface area (Å²) in [7, 11) is -3.57. The van der Waals surface area contributed by atoms with E-state index in [1.54, 1.807) is 18.3 Å². The Morgan fingerprint density at radius 1 is 0.917 bits per heavy atom. The second-order valence-corrected chi connectivity index (χ2v) is 7.37. The van der Waals surface area contributed by atoms with Gasteiger partial charge in [-0.1, -0.05) is 12.1 Å². The number of amidine groups is 1. The summed E-state index contributed by atoms with van der Waals surface area (Å²) in [5.41, 5.74) is 0.699. The molecular weight excluding hydrogens is 326 g/mol. The maximum absolute atomic E-state index is 12.2. The highest BCUT2D eigenvalue weighted by molar-refractivity contribution is 7.90. The molecule has 0 radical (unpaired) electrons. The SMILES string of the molecule is O=S1(=O)N=C(N2CCCN(c3cccnn3)CC2)c2ccccc21. The van der Waals surface area contributed by atoms with Gasteiger partial charge in [0.05, 0.1) is 0 Å². The van der Waals surface area contributed by atoms with Gasteiger partial charge in [0.2, 0.25) is 0 Å². The van der Waals surface area contributed by atoms with Gasteiger partial charge in [-0.15, -0.1) is 9.50 Å². The van der Waals surface area contributed by atoms with E-state index < -0.39 is 10.0 Å². The number of anilines is 1. The molecule has 2 aromatic rings. The summed E-state index contributed by atoms with van der Waals surface area (Å²) >= 11 is 0. The number of nitrogens with zero attached hydrogens (tertiary/aromatic N) is 5. The van der Waals surface area contributed by atoms with Gasteiger partial charge in [-0.3, -0.25) is 0 Å². The molecule has 1 fully saturated rings. The average molecular weight is 343 g/mol. The molecule has 24 heavy (non-hydrogen) atoms. The highest BCUT2D eigenvalue weighted by atomic mass is 32.2. The Hall–Kier alpha value is -2.48. The molecule has 4 rings (SSSR count). The summed E-state index contributed by atoms with van der Waals surface area (Å²) in [4.78, 5) is 4.53. The highest BCUT2D eigenvalue weighted by Crippen LogP contribution is 2.28. The molecule has 2 aliphatic heterocycles. The van der Waals surface area contributed by atoms with Crippen LogP contribution in [0.25, 0.3) is 0 Å². The molecule has 0 amide bonds. The fourth-order valence-corrected chi connectivity index (χ4v) is 4.36. The lowest BCUT2D eigenvalue weighted by atomic mass is 10.2. The number of aromatic nitrogens is 2. The van der Waals surface area contributed by atoms with E-state index in [0.29, 0.717) is 22.8 Å². The zero-order valence-corrected chi connectivity index (χ0v) is 13.9. The molecule has 2 aliphatic rings. The first-order valence-electron chi connectivity index (χ1n) is 7.87. The van der Waals surface area contributed by atoms with E-state index in [-0.39, 0.29) is 0 Å². The predicted molar refractivity (Wildman–Crippen MR) is 90.6 cm³/mol. The smallest absolute Gasteiger partial charge is 0.285 e. The van der Waals surface area contributed by atoms with Crippen LogP contribution in [0, 0.1) is 0 Å². The van der Waals surface area contributed by atoms with Crippen molar-refractivity contribution in [3.63, 3.8) is 0 Å². The van der Waals surface area contributed by atoms with Crippen molar-refractivity contribution in [3.8, 4) is 0 Å². The minimum Gasteiger partial charge on any atom is -0.354 e. The van der Waals surface area contributed by atoms with Gasteiger partial charge >= 0.3 is 0 Å². The van der Waals surface area contributed by atoms with Gasteiger partial charge in [0.1, 0.15) is 4.90 Å². The fraction of sp³-hybridized carbons (Fsp3) is 0.312. The predicted octanol–water partition coefficient (Wildman–Crippen LogP) is 1.14. The highest BCUT2D eigenvalue weighted by Gasteiger charge is 2.32. The van der Waals surface area contributed by atoms with Crippen LogP contribution in [0.2, 0.25) is 0 Å². The third-order valence-electron chi connectivity index (χ3n) is 4.29. The van der Waals surface area contributed by atoms with Crippen molar-refractivity contribution in [2.75, 3.05) is 31.1 Å². The van der Waals surface area contributed by atoms with Gasteiger partial charge < -0.3 is 9.80 Å². The van der Waals surface area contributed by atoms with E-state index in [4.69, 9.17) is 0 Å². The normalized spacial score (nSPS) is 19.6. The Labute approximate surface area is 140 Å². The summed E-state index contributed by atoms with van der Waals surface area (Å²) < 4.78 is 28.5. The van der Waals surface area contributed by atoms with Crippen molar-refractivity contribution in [1.29, 1.82) is 0 Å². The molecule has 0 spiro atoms. The number of fused-ring (bicyclic) bond motifs is 1. The van der Waals surface area contributed by atoms with E-state index in [1.807, 2.05) is 24.3 Å². The molecule has 7 nitrogen and oxygen atoms in total. The van der Waals surface area contributed by atoms with E-state index in [9.17, 15) is 8.42 Å². The Morgan fingerprint density at radius 2 is 1.71 bits per heavy atom. The fourth-order valence-electron chi connectivity index (χ4n) is 3.14. The van der Waals surface area contributed by atoms with Crippen molar-refractivity contribution in [1.82, 2.24) is 15.1 Å². The van der Waals surface area contributed by atoms with Crippen molar-refractivity contribution < 1.29 is 8.42 Å². The number of rotatable bonds is 1. The first-order chi connectivity index (χ1) is 11.6. The van der Waals surface area contributed by atoms with E-state index in [2.05, 4.69) is 24.4 Å². The summed E-state index contributed by atoms with van der Waals surface area (Å²) in [6.45, 7) is 3.06. The van der Waals surface area contributed by atoms with Crippen molar-refractivity contribution in [2.24, 2.45) is 4.40 Å². The van der Waals surface area contributed by atoms with Crippen LogP contribution in [-0.4, -0.2) is 55.5 Å². The molecule has 124 valence electrons. The second-order valence-electron chi connectivity index (χ2n) is 5.80. The van der Waals surface area contributed by atoms with Crippen LogP contribution in [0.1, 0.15) is 12.0 Å². The minimum absolute atomic E-state index is 0.301. The molecule has 0 bridgehead atoms. The van der Waals surface area contributed by atoms with Crippen LogP contribution < -0.4 is 4.90 Å². The quantitative estimate of drug-likeness (QED) is 0.772. The maximum atomic E-state index is 12.2. The van der Waals surface area contributed by atoms with Crippen LogP contribution in [0.5, 0.6) is 0 Å². The van der Waals surface area contributed by atoms with Gasteiger partial charge in [0.15, 0.2) is 11.7 Å². The lowest BCUT2D eigenvalue weighted by Crippen LogP contribution is -2.35. The molecule has 1 aromatic heterocycles. The number of hydrogen-bond acceptors (Lipinski definition) is 6. The van der Waals surface area contributed by atoms with Crippen molar-refractivity contribution in [2.45, 2.75) is 11.3 Å². The molecule has 0 aliphatic carbocycles. The molecule has 0 N–H and O–H groups in total. The third kappa shape index (κ3) is 2.62. The number of sulfonamides is 1. The molecule has 1 aromatic carbocycles. The first-order valence-corrected chi connectivity index (χ1v) is 9.31. The van der Waals surface area contributed by atoms with Crippen LogP contribution in [-0.2, 0) is 10.0 Å². The first kappa shape index (κ1) is 15.1. The number of hydrogen-bond donors (Lipinski definition) is 0. The van der Waals surface area contributed by atoms with Crippen LogP contribution >= 0.6 is 0 Å². The maximum Gasteiger partial charge on any atom is 0.285 e. The largest absolute Gasteiger partial charge is 0.354 e. The minimum atomic E-state index is -3.57.